The number of hydrogen-bond acceptors (Lipinski definition) is 3. The SMILES string of the molecule is CCCCc1ccccc1OC(=O)Oc1cccc(CCCC)c1CCCC. The van der Waals surface area contributed by atoms with Gasteiger partial charge in [0, 0.05) is 0 Å². The van der Waals surface area contributed by atoms with Crippen LogP contribution in [0.1, 0.15) is 76.0 Å². The van der Waals surface area contributed by atoms with Crippen molar-refractivity contribution < 1.29 is 14.3 Å². The molecule has 0 aromatic heterocycles. The molecule has 0 amide bonds. The second kappa shape index (κ2) is 12.2. The van der Waals surface area contributed by atoms with Gasteiger partial charge in [0.15, 0.2) is 0 Å². The molecule has 2 rings (SSSR count). The minimum atomic E-state index is -0.658. The predicted octanol–water partition coefficient (Wildman–Crippen LogP) is 7.29. The van der Waals surface area contributed by atoms with Crippen molar-refractivity contribution in [3.63, 3.8) is 0 Å². The van der Waals surface area contributed by atoms with E-state index in [1.807, 2.05) is 36.4 Å². The van der Waals surface area contributed by atoms with Gasteiger partial charge in [0.2, 0.25) is 0 Å². The maximum absolute atomic E-state index is 12.5. The van der Waals surface area contributed by atoms with E-state index in [-0.39, 0.29) is 0 Å². The molecule has 0 heterocycles. The maximum atomic E-state index is 12.5. The van der Waals surface area contributed by atoms with E-state index >= 15 is 0 Å². The summed E-state index contributed by atoms with van der Waals surface area (Å²) in [5.41, 5.74) is 3.47. The van der Waals surface area contributed by atoms with Crippen molar-refractivity contribution >= 4 is 6.16 Å². The molecular formula is C25H34O3. The van der Waals surface area contributed by atoms with E-state index in [0.29, 0.717) is 11.5 Å². The van der Waals surface area contributed by atoms with Crippen molar-refractivity contribution in [3.05, 3.63) is 59.2 Å². The van der Waals surface area contributed by atoms with Crippen molar-refractivity contribution in [2.24, 2.45) is 0 Å². The summed E-state index contributed by atoms with van der Waals surface area (Å²) >= 11 is 0. The molecule has 0 aliphatic rings. The highest BCUT2D eigenvalue weighted by atomic mass is 16.7. The number of carbonyl (C=O) groups excluding carboxylic acids is 1. The lowest BCUT2D eigenvalue weighted by molar-refractivity contribution is 0.151. The minimum Gasteiger partial charge on any atom is -0.394 e. The van der Waals surface area contributed by atoms with E-state index in [0.717, 1.165) is 68.9 Å². The Morgan fingerprint density at radius 1 is 0.679 bits per heavy atom. The first kappa shape index (κ1) is 22.0. The Hall–Kier alpha value is -2.29. The van der Waals surface area contributed by atoms with Gasteiger partial charge in [0.1, 0.15) is 11.5 Å². The van der Waals surface area contributed by atoms with E-state index in [2.05, 4.69) is 26.8 Å². The van der Waals surface area contributed by atoms with Crippen LogP contribution in [0.5, 0.6) is 11.5 Å². The van der Waals surface area contributed by atoms with E-state index in [4.69, 9.17) is 9.47 Å². The van der Waals surface area contributed by atoms with E-state index in [1.165, 1.54) is 5.56 Å². The van der Waals surface area contributed by atoms with Gasteiger partial charge in [0.05, 0.1) is 0 Å². The zero-order valence-corrected chi connectivity index (χ0v) is 17.6. The Labute approximate surface area is 170 Å². The van der Waals surface area contributed by atoms with Crippen molar-refractivity contribution in [1.82, 2.24) is 0 Å². The van der Waals surface area contributed by atoms with Crippen LogP contribution in [-0.4, -0.2) is 6.16 Å². The number of aryl methyl sites for hydroxylation is 2. The van der Waals surface area contributed by atoms with E-state index in [1.54, 1.807) is 0 Å². The fraction of sp³-hybridized carbons (Fsp3) is 0.480. The number of unbranched alkanes of at least 4 members (excludes halogenated alkanes) is 3. The van der Waals surface area contributed by atoms with Crippen LogP contribution in [0.3, 0.4) is 0 Å². The molecule has 0 aliphatic carbocycles. The summed E-state index contributed by atoms with van der Waals surface area (Å²) in [7, 11) is 0. The summed E-state index contributed by atoms with van der Waals surface area (Å²) in [6, 6.07) is 13.7. The van der Waals surface area contributed by atoms with Gasteiger partial charge in [-0.1, -0.05) is 70.4 Å². The van der Waals surface area contributed by atoms with Crippen LogP contribution < -0.4 is 9.47 Å². The normalized spacial score (nSPS) is 10.7. The van der Waals surface area contributed by atoms with Crippen molar-refractivity contribution in [3.8, 4) is 11.5 Å². The van der Waals surface area contributed by atoms with E-state index < -0.39 is 6.16 Å². The molecular weight excluding hydrogens is 348 g/mol. The summed E-state index contributed by atoms with van der Waals surface area (Å²) in [6.07, 6.45) is 8.81. The van der Waals surface area contributed by atoms with Crippen LogP contribution in [-0.2, 0) is 19.3 Å². The number of carbonyl (C=O) groups is 1. The molecule has 0 bridgehead atoms. The van der Waals surface area contributed by atoms with Gasteiger partial charge in [0.25, 0.3) is 0 Å². The van der Waals surface area contributed by atoms with Crippen LogP contribution in [0.15, 0.2) is 42.5 Å². The topological polar surface area (TPSA) is 35.5 Å². The number of para-hydroxylation sites is 1. The first-order chi connectivity index (χ1) is 13.7. The highest BCUT2D eigenvalue weighted by molar-refractivity contribution is 5.68. The molecule has 0 unspecified atom stereocenters. The lowest BCUT2D eigenvalue weighted by atomic mass is 9.97. The molecule has 3 nitrogen and oxygen atoms in total. The number of ether oxygens (including phenoxy) is 2. The summed E-state index contributed by atoms with van der Waals surface area (Å²) in [6.45, 7) is 6.52. The monoisotopic (exact) mass is 382 g/mol. The zero-order chi connectivity index (χ0) is 20.2. The van der Waals surface area contributed by atoms with Crippen molar-refractivity contribution in [2.75, 3.05) is 0 Å². The third-order valence-corrected chi connectivity index (χ3v) is 4.97. The summed E-state index contributed by atoms with van der Waals surface area (Å²) in [5.74, 6) is 1.23. The quantitative estimate of drug-likeness (QED) is 0.302. The van der Waals surface area contributed by atoms with Gasteiger partial charge in [-0.2, -0.15) is 0 Å². The second-order valence-electron chi connectivity index (χ2n) is 7.27. The molecule has 0 atom stereocenters. The molecule has 0 radical (unpaired) electrons. The van der Waals surface area contributed by atoms with Crippen LogP contribution in [0.2, 0.25) is 0 Å². The average molecular weight is 383 g/mol. The van der Waals surface area contributed by atoms with Crippen LogP contribution in [0, 0.1) is 0 Å². The number of benzene rings is 2. The highest BCUT2D eigenvalue weighted by Gasteiger charge is 2.15. The molecule has 0 saturated heterocycles. The third-order valence-electron chi connectivity index (χ3n) is 4.97. The predicted molar refractivity (Wildman–Crippen MR) is 115 cm³/mol. The summed E-state index contributed by atoms with van der Waals surface area (Å²) < 4.78 is 11.2. The fourth-order valence-electron chi connectivity index (χ4n) is 3.32. The number of rotatable bonds is 11. The lowest BCUT2D eigenvalue weighted by Gasteiger charge is -2.15. The van der Waals surface area contributed by atoms with Gasteiger partial charge in [-0.25, -0.2) is 4.79 Å². The standard InChI is InChI=1S/C25H34O3/c1-4-7-13-20-16-12-19-24(22(20)17-9-6-3)28-25(26)27-23-18-11-10-15-21(23)14-8-5-2/h10-12,15-16,18-19H,4-9,13-14,17H2,1-3H3. The fourth-order valence-corrected chi connectivity index (χ4v) is 3.32. The van der Waals surface area contributed by atoms with Gasteiger partial charge in [-0.3, -0.25) is 0 Å². The zero-order valence-electron chi connectivity index (χ0n) is 17.6. The largest absolute Gasteiger partial charge is 0.519 e. The van der Waals surface area contributed by atoms with Crippen molar-refractivity contribution in [1.29, 1.82) is 0 Å². The average Bonchev–Trinajstić information content (AvgIpc) is 2.70. The molecule has 0 N–H and O–H groups in total. The first-order valence-corrected chi connectivity index (χ1v) is 10.8. The lowest BCUT2D eigenvalue weighted by Crippen LogP contribution is -2.16. The van der Waals surface area contributed by atoms with Crippen LogP contribution in [0.4, 0.5) is 4.79 Å². The Balaban J connectivity index is 2.14. The minimum absolute atomic E-state index is 0.596. The molecule has 152 valence electrons. The Kier molecular flexibility index (Phi) is 9.61. The molecule has 3 heteroatoms. The molecule has 2 aromatic carbocycles. The van der Waals surface area contributed by atoms with Crippen LogP contribution >= 0.6 is 0 Å². The molecule has 0 fully saturated rings. The highest BCUT2D eigenvalue weighted by Crippen LogP contribution is 2.27. The molecule has 2 aromatic rings. The molecule has 28 heavy (non-hydrogen) atoms. The smallest absolute Gasteiger partial charge is 0.394 e. The molecule has 0 saturated carbocycles. The Bertz CT molecular complexity index is 736. The summed E-state index contributed by atoms with van der Waals surface area (Å²) in [4.78, 5) is 12.5. The number of hydrogen-bond donors (Lipinski definition) is 0. The van der Waals surface area contributed by atoms with Crippen LogP contribution in [0.25, 0.3) is 0 Å². The second-order valence-corrected chi connectivity index (χ2v) is 7.27. The first-order valence-electron chi connectivity index (χ1n) is 10.8. The van der Waals surface area contributed by atoms with Gasteiger partial charge >= 0.3 is 6.16 Å². The van der Waals surface area contributed by atoms with Crippen molar-refractivity contribution in [2.45, 2.75) is 78.6 Å². The third kappa shape index (κ3) is 6.70. The maximum Gasteiger partial charge on any atom is 0.519 e. The molecule has 0 aliphatic heterocycles. The Morgan fingerprint density at radius 2 is 1.21 bits per heavy atom. The van der Waals surface area contributed by atoms with Gasteiger partial charge < -0.3 is 9.47 Å². The van der Waals surface area contributed by atoms with Gasteiger partial charge in [-0.05, 0) is 67.3 Å². The van der Waals surface area contributed by atoms with Gasteiger partial charge in [-0.15, -0.1) is 0 Å². The molecule has 0 spiro atoms. The Morgan fingerprint density at radius 3 is 1.93 bits per heavy atom. The summed E-state index contributed by atoms with van der Waals surface area (Å²) in [5, 5.41) is 0. The van der Waals surface area contributed by atoms with E-state index in [9.17, 15) is 4.79 Å².